The lowest BCUT2D eigenvalue weighted by atomic mass is 10.1. The molecule has 0 atom stereocenters. The van der Waals surface area contributed by atoms with E-state index in [4.69, 9.17) is 21.3 Å². The van der Waals surface area contributed by atoms with Crippen LogP contribution in [0.3, 0.4) is 0 Å². The maximum atomic E-state index is 12.2. The number of pyridine rings is 1. The number of imidazole rings is 2. The minimum absolute atomic E-state index is 0.177. The highest BCUT2D eigenvalue weighted by atomic mass is 79.9. The van der Waals surface area contributed by atoms with Crippen LogP contribution in [0.4, 0.5) is 0 Å². The topological polar surface area (TPSA) is 81.7 Å². The molecule has 0 saturated carbocycles. The molecule has 0 aliphatic heterocycles. The van der Waals surface area contributed by atoms with Gasteiger partial charge in [-0.3, -0.25) is 4.40 Å². The van der Waals surface area contributed by atoms with E-state index >= 15 is 0 Å². The number of fused-ring (bicyclic) bond motifs is 1. The number of nitrogens with zero attached hydrogens (tertiary/aromatic N) is 4. The molecule has 0 aliphatic carbocycles. The van der Waals surface area contributed by atoms with Crippen molar-refractivity contribution in [1.82, 2.24) is 18.9 Å². The van der Waals surface area contributed by atoms with Crippen molar-refractivity contribution in [2.24, 2.45) is 0 Å². The third-order valence-corrected chi connectivity index (χ3v) is 6.62. The second-order valence-corrected chi connectivity index (χ2v) is 8.78. The van der Waals surface area contributed by atoms with Crippen LogP contribution < -0.4 is 0 Å². The van der Waals surface area contributed by atoms with Gasteiger partial charge < -0.3 is 14.4 Å². The van der Waals surface area contributed by atoms with E-state index in [0.717, 1.165) is 40.9 Å². The molecule has 172 valence electrons. The number of carbonyl (C=O) groups excluding carboxylic acids is 1. The molecule has 0 spiro atoms. The van der Waals surface area contributed by atoms with E-state index in [0.29, 0.717) is 34.2 Å². The number of hydrogen-bond acceptors (Lipinski definition) is 5. The molecule has 33 heavy (non-hydrogen) atoms. The fraction of sp³-hybridized carbons (Fsp3) is 0.292. The Bertz CT molecular complexity index is 1310. The first kappa shape index (κ1) is 23.5. The molecule has 0 unspecified atom stereocenters. The quantitative estimate of drug-likeness (QED) is 0.313. The largest absolute Gasteiger partial charge is 0.465 e. The third kappa shape index (κ3) is 4.55. The predicted octanol–water partition coefficient (Wildman–Crippen LogP) is 5.28. The molecule has 4 rings (SSSR count). The number of hydrogen-bond donors (Lipinski definition) is 1. The van der Waals surface area contributed by atoms with Crippen LogP contribution in [0.5, 0.6) is 0 Å². The van der Waals surface area contributed by atoms with Gasteiger partial charge in [0.2, 0.25) is 0 Å². The molecular formula is C24H24BrClN4O3. The molecule has 0 radical (unpaired) electrons. The van der Waals surface area contributed by atoms with Crippen LogP contribution in [-0.4, -0.2) is 37.1 Å². The Kier molecular flexibility index (Phi) is 7.17. The molecule has 0 amide bonds. The number of rotatable bonds is 8. The van der Waals surface area contributed by atoms with E-state index in [-0.39, 0.29) is 6.61 Å². The van der Waals surface area contributed by atoms with Crippen LogP contribution >= 0.6 is 27.5 Å². The first-order valence-electron chi connectivity index (χ1n) is 10.7. The first-order valence-corrected chi connectivity index (χ1v) is 11.8. The zero-order chi connectivity index (χ0) is 23.5. The zero-order valence-corrected chi connectivity index (χ0v) is 20.7. The molecule has 0 saturated heterocycles. The van der Waals surface area contributed by atoms with E-state index < -0.39 is 5.97 Å². The van der Waals surface area contributed by atoms with Crippen molar-refractivity contribution in [2.75, 3.05) is 7.11 Å². The van der Waals surface area contributed by atoms with E-state index in [1.165, 1.54) is 7.11 Å². The number of carbonyl (C=O) groups is 1. The summed E-state index contributed by atoms with van der Waals surface area (Å²) in [7, 11) is 1.36. The summed E-state index contributed by atoms with van der Waals surface area (Å²) in [6.45, 7) is 2.47. The monoisotopic (exact) mass is 530 g/mol. The maximum Gasteiger partial charge on any atom is 0.338 e. The Morgan fingerprint density at radius 1 is 1.21 bits per heavy atom. The number of ether oxygens (including phenoxy) is 1. The van der Waals surface area contributed by atoms with Crippen LogP contribution in [0.2, 0.25) is 5.15 Å². The summed E-state index contributed by atoms with van der Waals surface area (Å²) in [5, 5.41) is 10.2. The number of unbranched alkanes of at least 4 members (excludes halogenated alkanes) is 1. The molecule has 9 heteroatoms. The van der Waals surface area contributed by atoms with Crippen molar-refractivity contribution < 1.29 is 14.6 Å². The number of aryl methyl sites for hydroxylation is 1. The number of aromatic nitrogens is 4. The molecule has 0 bridgehead atoms. The molecular weight excluding hydrogens is 508 g/mol. The summed E-state index contributed by atoms with van der Waals surface area (Å²) in [5.74, 6) is 0.451. The van der Waals surface area contributed by atoms with Crippen molar-refractivity contribution in [3.63, 3.8) is 0 Å². The van der Waals surface area contributed by atoms with Gasteiger partial charge in [0.15, 0.2) is 5.15 Å². The fourth-order valence-electron chi connectivity index (χ4n) is 3.85. The highest BCUT2D eigenvalue weighted by molar-refractivity contribution is 9.10. The van der Waals surface area contributed by atoms with Gasteiger partial charge in [-0.1, -0.05) is 49.2 Å². The average molecular weight is 532 g/mol. The molecule has 1 aromatic carbocycles. The molecule has 0 fully saturated rings. The average Bonchev–Trinajstić information content (AvgIpc) is 3.32. The Hall–Kier alpha value is -2.68. The summed E-state index contributed by atoms with van der Waals surface area (Å²) in [6.07, 6.45) is 4.81. The highest BCUT2D eigenvalue weighted by Gasteiger charge is 2.20. The second-order valence-electron chi connectivity index (χ2n) is 7.67. The summed E-state index contributed by atoms with van der Waals surface area (Å²) < 4.78 is 9.58. The van der Waals surface area contributed by atoms with Gasteiger partial charge in [-0.25, -0.2) is 14.8 Å². The van der Waals surface area contributed by atoms with Crippen LogP contribution in [0.15, 0.2) is 47.2 Å². The van der Waals surface area contributed by atoms with E-state index in [9.17, 15) is 9.90 Å². The smallest absolute Gasteiger partial charge is 0.338 e. The van der Waals surface area contributed by atoms with Crippen molar-refractivity contribution >= 4 is 39.1 Å². The Morgan fingerprint density at radius 3 is 2.73 bits per heavy atom. The molecule has 1 N–H and O–H groups in total. The lowest BCUT2D eigenvalue weighted by molar-refractivity contribution is 0.0601. The van der Waals surface area contributed by atoms with Crippen LogP contribution in [0.1, 0.15) is 47.2 Å². The predicted molar refractivity (Wildman–Crippen MR) is 131 cm³/mol. The van der Waals surface area contributed by atoms with Crippen molar-refractivity contribution in [1.29, 1.82) is 0 Å². The van der Waals surface area contributed by atoms with Crippen LogP contribution in [-0.2, 0) is 24.3 Å². The summed E-state index contributed by atoms with van der Waals surface area (Å²) >= 11 is 9.95. The van der Waals surface area contributed by atoms with Gasteiger partial charge in [0.25, 0.3) is 0 Å². The van der Waals surface area contributed by atoms with E-state index in [1.54, 1.807) is 12.1 Å². The molecule has 7 nitrogen and oxygen atoms in total. The zero-order valence-electron chi connectivity index (χ0n) is 18.4. The van der Waals surface area contributed by atoms with Crippen molar-refractivity contribution in [3.05, 3.63) is 75.0 Å². The van der Waals surface area contributed by atoms with Crippen molar-refractivity contribution in [2.45, 2.75) is 39.3 Å². The van der Waals surface area contributed by atoms with Gasteiger partial charge in [-0.2, -0.15) is 0 Å². The normalized spacial score (nSPS) is 11.3. The van der Waals surface area contributed by atoms with E-state index in [1.807, 2.05) is 39.4 Å². The molecule has 3 heterocycles. The number of halogens is 2. The highest BCUT2D eigenvalue weighted by Crippen LogP contribution is 2.32. The molecule has 4 aromatic rings. The van der Waals surface area contributed by atoms with Gasteiger partial charge in [-0.15, -0.1) is 0 Å². The number of aliphatic hydroxyl groups excluding tert-OH is 1. The molecule has 0 aliphatic rings. The van der Waals surface area contributed by atoms with Gasteiger partial charge in [0, 0.05) is 18.2 Å². The minimum atomic E-state index is -0.414. The number of aliphatic hydroxyl groups is 1. The summed E-state index contributed by atoms with van der Waals surface area (Å²) in [6, 6.07) is 11.1. The third-order valence-electron chi connectivity index (χ3n) is 5.56. The number of methoxy groups -OCH3 is 1. The standard InChI is InChI=1S/C24H24BrClN4O3/c1-3-4-9-19-28-23(26)18(14-31)29(19)12-15-10-11-20-27-21(22(25)30(20)13-15)16-7-5-6-8-17(16)24(32)33-2/h5-8,10-11,13,31H,3-4,9,12,14H2,1-2H3. The van der Waals surface area contributed by atoms with Crippen LogP contribution in [0, 0.1) is 0 Å². The summed E-state index contributed by atoms with van der Waals surface area (Å²) in [5.41, 5.74) is 4.13. The van der Waals surface area contributed by atoms with Gasteiger partial charge in [0.1, 0.15) is 21.8 Å². The van der Waals surface area contributed by atoms with Gasteiger partial charge in [0.05, 0.1) is 31.5 Å². The number of benzene rings is 1. The van der Waals surface area contributed by atoms with Gasteiger partial charge >= 0.3 is 5.97 Å². The Morgan fingerprint density at radius 2 is 2.00 bits per heavy atom. The fourth-order valence-corrected chi connectivity index (χ4v) is 4.70. The lowest BCUT2D eigenvalue weighted by Gasteiger charge is -2.11. The first-order chi connectivity index (χ1) is 16.0. The lowest BCUT2D eigenvalue weighted by Crippen LogP contribution is -2.09. The van der Waals surface area contributed by atoms with Gasteiger partial charge in [-0.05, 0) is 40.0 Å². The maximum absolute atomic E-state index is 12.2. The summed E-state index contributed by atoms with van der Waals surface area (Å²) in [4.78, 5) is 21.4. The van der Waals surface area contributed by atoms with E-state index in [2.05, 4.69) is 27.8 Å². The second kappa shape index (κ2) is 10.1. The van der Waals surface area contributed by atoms with Crippen molar-refractivity contribution in [3.8, 4) is 11.3 Å². The Balaban J connectivity index is 1.75. The molecule has 3 aromatic heterocycles. The van der Waals surface area contributed by atoms with Crippen LogP contribution in [0.25, 0.3) is 16.9 Å². The number of esters is 1. The SMILES string of the molecule is CCCCc1nc(Cl)c(CO)n1Cc1ccc2nc(-c3ccccc3C(=O)OC)c(Br)n2c1. The minimum Gasteiger partial charge on any atom is -0.465 e. The Labute approximate surface area is 205 Å².